The van der Waals surface area contributed by atoms with Crippen LogP contribution in [0.5, 0.6) is 0 Å². The van der Waals surface area contributed by atoms with Crippen molar-refractivity contribution in [3.05, 3.63) is 42.5 Å². The van der Waals surface area contributed by atoms with E-state index in [-0.39, 0.29) is 11.4 Å². The first-order chi connectivity index (χ1) is 8.63. The molecule has 2 aromatic rings. The van der Waals surface area contributed by atoms with Crippen LogP contribution >= 0.6 is 0 Å². The van der Waals surface area contributed by atoms with Crippen LogP contribution in [0.4, 0.5) is 5.69 Å². The maximum atomic E-state index is 12.1. The van der Waals surface area contributed by atoms with Crippen LogP contribution in [0, 0.1) is 0 Å². The van der Waals surface area contributed by atoms with Gasteiger partial charge in [-0.15, -0.1) is 0 Å². The molecule has 96 valence electrons. The number of imidazole rings is 1. The average molecular weight is 266 g/mol. The number of nitrogens with zero attached hydrogens (tertiary/aromatic N) is 1. The minimum atomic E-state index is -3.54. The quantitative estimate of drug-likeness (QED) is 0.751. The predicted molar refractivity (Wildman–Crippen MR) is 68.6 cm³/mol. The third kappa shape index (κ3) is 2.69. The molecule has 1 aromatic heterocycles. The summed E-state index contributed by atoms with van der Waals surface area (Å²) in [6.07, 6.45) is 3.08. The van der Waals surface area contributed by atoms with E-state index >= 15 is 0 Å². The van der Waals surface area contributed by atoms with E-state index in [1.807, 2.05) is 0 Å². The molecule has 0 aliphatic heterocycles. The number of rotatable bonds is 5. The molecule has 0 bridgehead atoms. The normalized spacial score (nSPS) is 11.4. The van der Waals surface area contributed by atoms with E-state index in [2.05, 4.69) is 20.0 Å². The highest BCUT2D eigenvalue weighted by atomic mass is 32.2. The molecule has 0 atom stereocenters. The summed E-state index contributed by atoms with van der Waals surface area (Å²) in [7, 11) is -1.86. The van der Waals surface area contributed by atoms with Crippen molar-refractivity contribution in [3.8, 4) is 0 Å². The summed E-state index contributed by atoms with van der Waals surface area (Å²) in [5.74, 6) is 0. The van der Waals surface area contributed by atoms with E-state index in [4.69, 9.17) is 0 Å². The van der Waals surface area contributed by atoms with Gasteiger partial charge in [0.2, 0.25) is 10.0 Å². The third-order valence-corrected chi connectivity index (χ3v) is 3.91. The van der Waals surface area contributed by atoms with Crippen LogP contribution in [-0.4, -0.2) is 25.4 Å². The minimum absolute atomic E-state index is 0.181. The van der Waals surface area contributed by atoms with Crippen molar-refractivity contribution in [2.75, 3.05) is 12.4 Å². The second kappa shape index (κ2) is 5.19. The Balaban J connectivity index is 2.20. The SMILES string of the molecule is CNc1ccccc1S(=O)(=O)NCc1cnc[nH]1. The first-order valence-corrected chi connectivity index (χ1v) is 6.85. The fourth-order valence-electron chi connectivity index (χ4n) is 1.54. The van der Waals surface area contributed by atoms with Gasteiger partial charge in [-0.2, -0.15) is 0 Å². The van der Waals surface area contributed by atoms with E-state index in [0.717, 1.165) is 0 Å². The zero-order valence-corrected chi connectivity index (χ0v) is 10.7. The standard InChI is InChI=1S/C11H14N4O2S/c1-12-10-4-2-3-5-11(10)18(16,17)15-7-9-6-13-8-14-9/h2-6,8,12,15H,7H2,1H3,(H,13,14). The van der Waals surface area contributed by atoms with Crippen molar-refractivity contribution < 1.29 is 8.42 Å². The molecule has 0 spiro atoms. The summed E-state index contributed by atoms with van der Waals surface area (Å²) in [5.41, 5.74) is 1.27. The summed E-state index contributed by atoms with van der Waals surface area (Å²) in [6, 6.07) is 6.73. The summed E-state index contributed by atoms with van der Waals surface area (Å²) in [4.78, 5) is 6.89. The highest BCUT2D eigenvalue weighted by Crippen LogP contribution is 2.19. The summed E-state index contributed by atoms with van der Waals surface area (Å²) >= 11 is 0. The van der Waals surface area contributed by atoms with Crippen molar-refractivity contribution in [3.63, 3.8) is 0 Å². The molecule has 2 rings (SSSR count). The fourth-order valence-corrected chi connectivity index (χ4v) is 2.76. The number of benzene rings is 1. The van der Waals surface area contributed by atoms with Gasteiger partial charge in [0.05, 0.1) is 18.6 Å². The van der Waals surface area contributed by atoms with Gasteiger partial charge in [0.25, 0.3) is 0 Å². The Morgan fingerprint density at radius 2 is 2.11 bits per heavy atom. The van der Waals surface area contributed by atoms with Crippen LogP contribution in [0.1, 0.15) is 5.69 Å². The van der Waals surface area contributed by atoms with E-state index in [9.17, 15) is 8.42 Å². The number of aromatic amines is 1. The van der Waals surface area contributed by atoms with Crippen molar-refractivity contribution in [2.24, 2.45) is 0 Å². The van der Waals surface area contributed by atoms with Crippen molar-refractivity contribution in [2.45, 2.75) is 11.4 Å². The molecule has 0 fully saturated rings. The molecule has 18 heavy (non-hydrogen) atoms. The van der Waals surface area contributed by atoms with Crippen molar-refractivity contribution in [1.29, 1.82) is 0 Å². The number of nitrogens with one attached hydrogen (secondary N) is 3. The lowest BCUT2D eigenvalue weighted by Gasteiger charge is -2.10. The molecule has 0 amide bonds. The highest BCUT2D eigenvalue weighted by Gasteiger charge is 2.17. The molecular weight excluding hydrogens is 252 g/mol. The molecule has 6 nitrogen and oxygen atoms in total. The monoisotopic (exact) mass is 266 g/mol. The zero-order chi connectivity index (χ0) is 13.0. The topological polar surface area (TPSA) is 86.9 Å². The van der Waals surface area contributed by atoms with Gasteiger partial charge in [-0.25, -0.2) is 18.1 Å². The number of aromatic nitrogens is 2. The van der Waals surface area contributed by atoms with Crippen LogP contribution in [0.25, 0.3) is 0 Å². The van der Waals surface area contributed by atoms with Crippen molar-refractivity contribution in [1.82, 2.24) is 14.7 Å². The molecule has 0 aliphatic carbocycles. The lowest BCUT2D eigenvalue weighted by Crippen LogP contribution is -2.24. The van der Waals surface area contributed by atoms with E-state index in [1.165, 1.54) is 6.33 Å². The molecule has 3 N–H and O–H groups in total. The molecule has 0 aliphatic rings. The van der Waals surface area contributed by atoms with Gasteiger partial charge in [-0.05, 0) is 12.1 Å². The first kappa shape index (κ1) is 12.6. The average Bonchev–Trinajstić information content (AvgIpc) is 2.89. The molecule has 7 heteroatoms. The smallest absolute Gasteiger partial charge is 0.242 e. The van der Waals surface area contributed by atoms with Crippen LogP contribution in [-0.2, 0) is 16.6 Å². The summed E-state index contributed by atoms with van der Waals surface area (Å²) in [5, 5.41) is 2.86. The van der Waals surface area contributed by atoms with Gasteiger partial charge in [0.15, 0.2) is 0 Å². The van der Waals surface area contributed by atoms with Crippen LogP contribution in [0.3, 0.4) is 0 Å². The predicted octanol–water partition coefficient (Wildman–Crippen LogP) is 0.930. The number of hydrogen-bond acceptors (Lipinski definition) is 4. The molecule has 0 saturated heterocycles. The number of para-hydroxylation sites is 1. The summed E-state index contributed by atoms with van der Waals surface area (Å²) < 4.78 is 26.8. The van der Waals surface area contributed by atoms with Gasteiger partial charge >= 0.3 is 0 Å². The van der Waals surface area contributed by atoms with Gasteiger partial charge in [0, 0.05) is 18.9 Å². The van der Waals surface area contributed by atoms with Gasteiger partial charge in [-0.3, -0.25) is 0 Å². The third-order valence-electron chi connectivity index (χ3n) is 2.45. The molecular formula is C11H14N4O2S. The van der Waals surface area contributed by atoms with Crippen LogP contribution in [0.15, 0.2) is 41.7 Å². The fraction of sp³-hybridized carbons (Fsp3) is 0.182. The Labute approximate surface area is 106 Å². The first-order valence-electron chi connectivity index (χ1n) is 5.37. The number of anilines is 1. The molecule has 1 aromatic carbocycles. The highest BCUT2D eigenvalue weighted by molar-refractivity contribution is 7.89. The second-order valence-corrected chi connectivity index (χ2v) is 5.38. The maximum absolute atomic E-state index is 12.1. The second-order valence-electron chi connectivity index (χ2n) is 3.65. The van der Waals surface area contributed by atoms with Crippen LogP contribution in [0.2, 0.25) is 0 Å². The van der Waals surface area contributed by atoms with Gasteiger partial charge in [-0.1, -0.05) is 12.1 Å². The van der Waals surface area contributed by atoms with Gasteiger partial charge in [0.1, 0.15) is 4.90 Å². The van der Waals surface area contributed by atoms with E-state index < -0.39 is 10.0 Å². The zero-order valence-electron chi connectivity index (χ0n) is 9.84. The molecule has 0 unspecified atom stereocenters. The lowest BCUT2D eigenvalue weighted by atomic mass is 10.3. The molecule has 0 radical (unpaired) electrons. The van der Waals surface area contributed by atoms with E-state index in [0.29, 0.717) is 11.4 Å². The number of H-pyrrole nitrogens is 1. The Morgan fingerprint density at radius 1 is 1.33 bits per heavy atom. The number of sulfonamides is 1. The largest absolute Gasteiger partial charge is 0.387 e. The Hall–Kier alpha value is -1.86. The van der Waals surface area contributed by atoms with E-state index in [1.54, 1.807) is 37.5 Å². The van der Waals surface area contributed by atoms with Crippen LogP contribution < -0.4 is 10.0 Å². The minimum Gasteiger partial charge on any atom is -0.387 e. The van der Waals surface area contributed by atoms with Crippen molar-refractivity contribution >= 4 is 15.7 Å². The Kier molecular flexibility index (Phi) is 3.63. The Bertz CT molecular complexity index is 608. The maximum Gasteiger partial charge on any atom is 0.242 e. The Morgan fingerprint density at radius 3 is 2.78 bits per heavy atom. The molecule has 1 heterocycles. The molecule has 0 saturated carbocycles. The lowest BCUT2D eigenvalue weighted by molar-refractivity contribution is 0.581. The number of hydrogen-bond donors (Lipinski definition) is 3. The summed E-state index contributed by atoms with van der Waals surface area (Å²) in [6.45, 7) is 0.181. The van der Waals surface area contributed by atoms with Gasteiger partial charge < -0.3 is 10.3 Å².